The van der Waals surface area contributed by atoms with Crippen molar-refractivity contribution in [3.8, 4) is 41.8 Å². The first-order chi connectivity index (χ1) is 69.0. The van der Waals surface area contributed by atoms with E-state index in [1.54, 1.807) is 65.7 Å². The molecular weight excluding hydrogens is 1950 g/mol. The van der Waals surface area contributed by atoms with Gasteiger partial charge in [0.1, 0.15) is 41.9 Å². The van der Waals surface area contributed by atoms with E-state index in [0.717, 1.165) is 92.4 Å². The summed E-state index contributed by atoms with van der Waals surface area (Å²) in [6.45, 7) is 40.2. The number of carbonyl (C=O) groups excluding carboxylic acids is 13. The van der Waals surface area contributed by atoms with Crippen molar-refractivity contribution in [2.75, 3.05) is 26.2 Å². The van der Waals surface area contributed by atoms with Gasteiger partial charge in [-0.3, -0.25) is 57.5 Å². The summed E-state index contributed by atoms with van der Waals surface area (Å²) in [4.78, 5) is 194. The summed E-state index contributed by atoms with van der Waals surface area (Å²) in [5, 5.41) is 59.1. The lowest BCUT2D eigenvalue weighted by Crippen LogP contribution is -2.59. The fraction of sp³-hybridized carbons (Fsp3) is 0.509. The zero-order valence-corrected chi connectivity index (χ0v) is 91.4. The number of thiazole rings is 3. The minimum absolute atomic E-state index is 0.00625. The number of aryl methyl sites for hydroxylation is 7. The third kappa shape index (κ3) is 30.4. The van der Waals surface area contributed by atoms with E-state index in [1.165, 1.54) is 51.9 Å². The number of nitrogens with zero attached hydrogens (tertiary/aromatic N) is 10. The number of ketones is 3. The maximum atomic E-state index is 13.8. The first-order valence-electron chi connectivity index (χ1n) is 50.0. The normalized spacial score (nSPS) is 19.4. The number of hydrogen-bond acceptors (Lipinski definition) is 27. The highest BCUT2D eigenvalue weighted by Crippen LogP contribution is 2.38. The molecular formula is C110H143N15O18S4. The van der Waals surface area contributed by atoms with Crippen LogP contribution in [0.1, 0.15) is 237 Å². The van der Waals surface area contributed by atoms with Crippen molar-refractivity contribution in [2.45, 2.75) is 314 Å². The fourth-order valence-electron chi connectivity index (χ4n) is 18.8. The lowest BCUT2D eigenvalue weighted by atomic mass is 9.85. The number of benzene rings is 5. The van der Waals surface area contributed by atoms with Gasteiger partial charge in [-0.25, -0.2) is 19.7 Å². The minimum Gasteiger partial charge on any atom is -0.444 e. The van der Waals surface area contributed by atoms with Crippen molar-refractivity contribution in [2.24, 2.45) is 22.2 Å². The number of fused-ring (bicyclic) bond motifs is 1. The number of hydrogen-bond donors (Lipinski definition) is 9. The molecule has 33 nitrogen and oxygen atoms in total. The topological polar surface area (TPSA) is 453 Å². The van der Waals surface area contributed by atoms with Crippen molar-refractivity contribution in [1.82, 2.24) is 75.6 Å². The van der Waals surface area contributed by atoms with Gasteiger partial charge in [0.25, 0.3) is 5.91 Å². The van der Waals surface area contributed by atoms with E-state index in [2.05, 4.69) is 51.1 Å². The molecule has 9 aromatic rings. The van der Waals surface area contributed by atoms with Crippen molar-refractivity contribution < 1.29 is 87.5 Å². The monoisotopic (exact) mass is 2090 g/mol. The average molecular weight is 2090 g/mol. The van der Waals surface area contributed by atoms with Crippen LogP contribution in [-0.4, -0.2) is 257 Å². The highest BCUT2D eigenvalue weighted by Gasteiger charge is 2.50. The molecule has 14 atom stereocenters. The molecule has 37 heteroatoms. The third-order valence-corrected chi connectivity index (χ3v) is 30.5. The van der Waals surface area contributed by atoms with Crippen LogP contribution in [0.3, 0.4) is 0 Å². The van der Waals surface area contributed by atoms with Crippen LogP contribution in [0.4, 0.5) is 4.79 Å². The summed E-state index contributed by atoms with van der Waals surface area (Å²) in [7, 11) is 0. The van der Waals surface area contributed by atoms with Crippen LogP contribution in [0.5, 0.6) is 0 Å². The second-order valence-corrected chi connectivity index (χ2v) is 46.7. The van der Waals surface area contributed by atoms with Gasteiger partial charge in [-0.15, -0.1) is 39.1 Å². The molecule has 5 aliphatic rings. The van der Waals surface area contributed by atoms with Gasteiger partial charge in [-0.2, -0.15) is 0 Å². The van der Waals surface area contributed by atoms with Crippen molar-refractivity contribution in [3.05, 3.63) is 194 Å². The molecule has 10 amide bonds. The molecule has 0 unspecified atom stereocenters. The Labute approximate surface area is 877 Å². The van der Waals surface area contributed by atoms with Gasteiger partial charge < -0.3 is 76.2 Å². The number of aliphatic hydroxyl groups is 4. The van der Waals surface area contributed by atoms with E-state index in [1.807, 2.05) is 243 Å². The summed E-state index contributed by atoms with van der Waals surface area (Å²) >= 11 is 6.13. The summed E-state index contributed by atoms with van der Waals surface area (Å²) in [5.74, 6) is -3.50. The van der Waals surface area contributed by atoms with Gasteiger partial charge in [0.2, 0.25) is 47.3 Å². The summed E-state index contributed by atoms with van der Waals surface area (Å²) in [6, 6.07) is 32.1. The number of Topliss-reactive ketones (excluding diaryl/α,β-unsaturated/α-hetero) is 3. The van der Waals surface area contributed by atoms with Gasteiger partial charge in [0.15, 0.2) is 17.3 Å². The number of aliphatic hydroxyl groups excluding tert-OH is 4. The van der Waals surface area contributed by atoms with Crippen LogP contribution in [-0.2, 0) is 83.3 Å². The standard InChI is InChI=1S/C31H44N4O6S.C30H33N3O4S.C25H34N4O4S.C24H32N4O4S/c1-18-25(42-17-32-18)21-12-9-20(10-13-21)11-14-24(37)23-15-22(36)16-35(23)28(39)26(30(3,4)5)34-27(38)19(2)33-29(40)41-31(6,7)8;1-18(2)27(33-15-22-6-4-5-7-24(22)29(33)36)30(37)32-16-23(34)14-25(32)26(35)13-10-20-8-11-21(12-9-20)28-19(3)31-17-38-28;1-14(17-7-9-18(10-8-17)21-15(2)26-13-34-21)27-23(32)20-11-19(31)12-29(20)24(33)22(25(4,5)6)28-16(3)30;1-14-21(33-27-26-14)17-9-6-16(7-10-17)8-11-20(31)19-12-18(30)13-28(19)23(32)22(24(3,4)5)25-15(2)29/h9-10,12-13,17,19,22-23,26,36H,11,14-16H2,1-8H3,(H,33,40)(H,34,38);4-9,11-12,17-18,23,25,27,34H,10,13-16H2,1-3H3;7-10,13-14,19-20,22,31H,11-12H2,1-6H3,(H,27,32)(H,28,30);6-7,9-10,18-19,22,30H,8,11-13H2,1-5H3,(H,25,29)/t19-,22+,23-,26+;23-,25+,27+;14-,19+,20-,22+;18-,19+,22-/m0101/s1. The van der Waals surface area contributed by atoms with E-state index < -0.39 is 119 Å². The number of likely N-dealkylation sites (tertiary alicyclic amines) is 4. The lowest BCUT2D eigenvalue weighted by molar-refractivity contribution is -0.144. The van der Waals surface area contributed by atoms with Crippen LogP contribution in [0, 0.1) is 49.9 Å². The Morgan fingerprint density at radius 3 is 1.11 bits per heavy atom. The summed E-state index contributed by atoms with van der Waals surface area (Å²) < 4.78 is 9.19. The van der Waals surface area contributed by atoms with E-state index in [0.29, 0.717) is 31.4 Å². The maximum absolute atomic E-state index is 13.8. The number of amides is 10. The average Bonchev–Trinajstić information content (AvgIpc) is 1.64. The molecule has 14 rings (SSSR count). The number of aromatic nitrogens is 5. The first kappa shape index (κ1) is 115. The molecule has 0 spiro atoms. The smallest absolute Gasteiger partial charge is 0.408 e. The fourth-order valence-corrected chi connectivity index (χ4v) is 21.9. The first-order valence-corrected chi connectivity index (χ1v) is 53.4. The number of rotatable bonds is 30. The van der Waals surface area contributed by atoms with Crippen molar-refractivity contribution in [1.29, 1.82) is 0 Å². The summed E-state index contributed by atoms with van der Waals surface area (Å²) in [5.41, 5.74) is 16.6. The van der Waals surface area contributed by atoms with E-state index in [4.69, 9.17) is 4.74 Å². The third-order valence-electron chi connectivity index (χ3n) is 26.7. The van der Waals surface area contributed by atoms with Crippen LogP contribution >= 0.6 is 45.5 Å². The van der Waals surface area contributed by atoms with Crippen LogP contribution in [0.2, 0.25) is 0 Å². The molecule has 9 heterocycles. The molecule has 5 aliphatic heterocycles. The molecule has 4 aromatic heterocycles. The second kappa shape index (κ2) is 49.8. The Balaban J connectivity index is 0.000000187. The predicted octanol–water partition coefficient (Wildman–Crippen LogP) is 13.6. The van der Waals surface area contributed by atoms with Crippen molar-refractivity contribution >= 4 is 122 Å². The molecule has 0 radical (unpaired) electrons. The number of β-amino-alcohol motifs (C(OH)–C–C–N with tert-alkyl or cyclic N) is 4. The maximum Gasteiger partial charge on any atom is 0.408 e. The molecule has 4 saturated heterocycles. The Bertz CT molecular complexity index is 6150. The lowest BCUT2D eigenvalue weighted by Gasteiger charge is -2.36. The van der Waals surface area contributed by atoms with E-state index in [9.17, 15) is 82.8 Å². The van der Waals surface area contributed by atoms with E-state index >= 15 is 0 Å². The van der Waals surface area contributed by atoms with Crippen molar-refractivity contribution in [3.63, 3.8) is 0 Å². The number of ether oxygens (including phenoxy) is 1. The van der Waals surface area contributed by atoms with Crippen LogP contribution < -0.4 is 26.6 Å². The Hall–Kier alpha value is -12.1. The van der Waals surface area contributed by atoms with Gasteiger partial charge in [0, 0.05) is 97.1 Å². The minimum atomic E-state index is -0.990. The zero-order valence-electron chi connectivity index (χ0n) is 88.2. The molecule has 5 aromatic carbocycles. The van der Waals surface area contributed by atoms with Gasteiger partial charge >= 0.3 is 6.09 Å². The highest BCUT2D eigenvalue weighted by atomic mass is 32.1. The van der Waals surface area contributed by atoms with Gasteiger partial charge in [0.05, 0.1) is 107 Å². The highest BCUT2D eigenvalue weighted by molar-refractivity contribution is 7.14. The molecule has 790 valence electrons. The molecule has 147 heavy (non-hydrogen) atoms. The predicted molar refractivity (Wildman–Crippen MR) is 567 cm³/mol. The molecule has 0 bridgehead atoms. The van der Waals surface area contributed by atoms with Gasteiger partial charge in [-0.1, -0.05) is 196 Å². The Morgan fingerprint density at radius 2 is 0.776 bits per heavy atom. The van der Waals surface area contributed by atoms with Crippen LogP contribution in [0.25, 0.3) is 41.8 Å². The zero-order chi connectivity index (χ0) is 108. The number of nitrogens with one attached hydrogen (secondary N) is 5. The van der Waals surface area contributed by atoms with Crippen LogP contribution in [0.15, 0.2) is 138 Å². The Kier molecular flexibility index (Phi) is 39.0. The van der Waals surface area contributed by atoms with E-state index in [-0.39, 0.29) is 142 Å². The molecule has 0 aliphatic carbocycles. The number of carbonyl (C=O) groups is 13. The quantitative estimate of drug-likeness (QED) is 0.0202. The molecule has 9 N–H and O–H groups in total. The van der Waals surface area contributed by atoms with Gasteiger partial charge in [-0.05, 0) is 171 Å². The Morgan fingerprint density at radius 1 is 0.429 bits per heavy atom. The molecule has 0 saturated carbocycles. The molecule has 4 fully saturated rings. The second-order valence-electron chi connectivity index (χ2n) is 43.4. The number of alkyl carbamates (subject to hydrolysis) is 1. The SMILES string of the molecule is CC(=O)N[C@H](C(=O)N1C[C@H](O)C[C@H]1C(=O)CCc1ccc(-c2snnc2C)cc1)C(C)(C)C.CC(=O)N[C@H](C(=O)N1C[C@H](O)C[C@H]1C(=O)N[C@@H](C)c1ccc(-c2scnc2C)cc1)C(C)(C)C.Cc1ncsc1-c1ccc(CCC(=O)[C@@H]2C[C@@H](O)CN2C(=O)[C@@H](NC(=O)[C@H](C)NC(=O)OC(C)(C)C)C(C)(C)C)cc1.Cc1ncsc1-c1ccc(CCC(=O)[C@@H]2C[C@@H](O)CN2C(=O)[C@H](C(C)C)N2Cc3ccccc3C2=O)cc1. The largest absolute Gasteiger partial charge is 0.444 e. The summed E-state index contributed by atoms with van der Waals surface area (Å²) in [6.07, 6.45) is -0.773.